The largest absolute Gasteiger partial charge is 0.322 e. The smallest absolute Gasteiger partial charge is 0.284 e. The SMILES string of the molecule is N#Cc1ccc(NC(=O)c2cn(-c3ccc(Cl)cc3)n(-c3ccc(Cl)cc3Cl)c2=O)cc1. The van der Waals surface area contributed by atoms with Crippen LogP contribution in [-0.2, 0) is 0 Å². The van der Waals surface area contributed by atoms with Crippen LogP contribution >= 0.6 is 34.8 Å². The molecular formula is C23H13Cl3N4O2. The number of aromatic nitrogens is 2. The summed E-state index contributed by atoms with van der Waals surface area (Å²) in [6.45, 7) is 0. The second-order valence-corrected chi connectivity index (χ2v) is 8.00. The Hall–Kier alpha value is -3.50. The van der Waals surface area contributed by atoms with E-state index in [0.29, 0.717) is 32.7 Å². The number of nitrogens with one attached hydrogen (secondary N) is 1. The molecule has 0 radical (unpaired) electrons. The summed E-state index contributed by atoms with van der Waals surface area (Å²) < 4.78 is 2.80. The summed E-state index contributed by atoms with van der Waals surface area (Å²) in [6.07, 6.45) is 1.43. The minimum atomic E-state index is -0.605. The highest BCUT2D eigenvalue weighted by molar-refractivity contribution is 6.35. The molecule has 0 spiro atoms. The lowest BCUT2D eigenvalue weighted by molar-refractivity contribution is 0.102. The van der Waals surface area contributed by atoms with E-state index in [4.69, 9.17) is 40.1 Å². The van der Waals surface area contributed by atoms with E-state index in [1.54, 1.807) is 60.7 Å². The number of halogens is 3. The van der Waals surface area contributed by atoms with Crippen molar-refractivity contribution >= 4 is 46.4 Å². The van der Waals surface area contributed by atoms with Crippen LogP contribution in [0.15, 0.2) is 77.7 Å². The predicted octanol–water partition coefficient (Wildman–Crippen LogP) is 5.71. The lowest BCUT2D eigenvalue weighted by atomic mass is 10.2. The molecule has 0 bridgehead atoms. The molecule has 158 valence electrons. The van der Waals surface area contributed by atoms with Gasteiger partial charge >= 0.3 is 0 Å². The summed E-state index contributed by atoms with van der Waals surface area (Å²) in [5, 5.41) is 12.8. The number of hydrogen-bond acceptors (Lipinski definition) is 3. The first-order valence-electron chi connectivity index (χ1n) is 9.25. The molecule has 0 saturated carbocycles. The molecule has 0 aliphatic carbocycles. The van der Waals surface area contributed by atoms with Crippen molar-refractivity contribution in [2.75, 3.05) is 5.32 Å². The van der Waals surface area contributed by atoms with Gasteiger partial charge in [0.1, 0.15) is 5.56 Å². The first-order chi connectivity index (χ1) is 15.4. The van der Waals surface area contributed by atoms with Gasteiger partial charge < -0.3 is 5.32 Å². The Morgan fingerprint density at radius 1 is 0.906 bits per heavy atom. The molecule has 32 heavy (non-hydrogen) atoms. The molecule has 4 rings (SSSR count). The van der Waals surface area contributed by atoms with Crippen LogP contribution < -0.4 is 10.9 Å². The Kier molecular flexibility index (Phi) is 6.06. The van der Waals surface area contributed by atoms with Gasteiger partial charge in [-0.2, -0.15) is 5.26 Å². The van der Waals surface area contributed by atoms with E-state index in [9.17, 15) is 9.59 Å². The fourth-order valence-corrected chi connectivity index (χ4v) is 3.71. The Balaban J connectivity index is 1.83. The standard InChI is InChI=1S/C23H13Cl3N4O2/c24-15-3-8-18(9-4-15)29-13-19(22(31)28-17-6-1-14(12-27)2-7-17)23(32)30(29)21-10-5-16(25)11-20(21)26/h1-11,13H,(H,28,31). The third-order valence-corrected chi connectivity index (χ3v) is 5.43. The van der Waals surface area contributed by atoms with E-state index >= 15 is 0 Å². The van der Waals surface area contributed by atoms with E-state index in [2.05, 4.69) is 5.32 Å². The topological polar surface area (TPSA) is 79.8 Å². The van der Waals surface area contributed by atoms with E-state index < -0.39 is 11.5 Å². The third-order valence-electron chi connectivity index (χ3n) is 4.64. The highest BCUT2D eigenvalue weighted by atomic mass is 35.5. The van der Waals surface area contributed by atoms with Crippen molar-refractivity contribution in [1.29, 1.82) is 5.26 Å². The molecular weight excluding hydrogens is 471 g/mol. The van der Waals surface area contributed by atoms with Crippen LogP contribution in [0.25, 0.3) is 11.4 Å². The molecule has 1 amide bonds. The molecule has 0 aliphatic heterocycles. The average Bonchev–Trinajstić information content (AvgIpc) is 3.12. The molecule has 4 aromatic rings. The van der Waals surface area contributed by atoms with Crippen LogP contribution in [-0.4, -0.2) is 15.3 Å². The molecule has 0 saturated heterocycles. The minimum absolute atomic E-state index is 0.102. The zero-order valence-corrected chi connectivity index (χ0v) is 18.5. The highest BCUT2D eigenvalue weighted by Crippen LogP contribution is 2.25. The molecule has 1 heterocycles. The second-order valence-electron chi connectivity index (χ2n) is 6.72. The maximum Gasteiger partial charge on any atom is 0.284 e. The molecule has 0 fully saturated rings. The average molecular weight is 484 g/mol. The summed E-state index contributed by atoms with van der Waals surface area (Å²) in [5.74, 6) is -0.605. The second kappa shape index (κ2) is 8.93. The van der Waals surface area contributed by atoms with E-state index in [-0.39, 0.29) is 10.6 Å². The maximum absolute atomic E-state index is 13.3. The van der Waals surface area contributed by atoms with Gasteiger partial charge in [-0.3, -0.25) is 14.3 Å². The monoisotopic (exact) mass is 482 g/mol. The number of carbonyl (C=O) groups is 1. The number of rotatable bonds is 4. The molecule has 0 unspecified atom stereocenters. The normalized spacial score (nSPS) is 10.6. The fraction of sp³-hybridized carbons (Fsp3) is 0. The highest BCUT2D eigenvalue weighted by Gasteiger charge is 2.21. The Bertz CT molecular complexity index is 1420. The van der Waals surface area contributed by atoms with Crippen LogP contribution in [0.1, 0.15) is 15.9 Å². The van der Waals surface area contributed by atoms with Crippen molar-refractivity contribution in [3.63, 3.8) is 0 Å². The Morgan fingerprint density at radius 2 is 1.56 bits per heavy atom. The first kappa shape index (κ1) is 21.7. The van der Waals surface area contributed by atoms with Crippen molar-refractivity contribution in [3.05, 3.63) is 109 Å². The number of amides is 1. The van der Waals surface area contributed by atoms with Gasteiger partial charge in [0, 0.05) is 21.9 Å². The van der Waals surface area contributed by atoms with Crippen LogP contribution in [0.5, 0.6) is 0 Å². The number of nitrogens with zero attached hydrogens (tertiary/aromatic N) is 3. The minimum Gasteiger partial charge on any atom is -0.322 e. The van der Waals surface area contributed by atoms with Crippen LogP contribution in [0.4, 0.5) is 5.69 Å². The molecule has 9 heteroatoms. The number of benzene rings is 3. The van der Waals surface area contributed by atoms with Gasteiger partial charge in [0.15, 0.2) is 0 Å². The quantitative estimate of drug-likeness (QED) is 0.403. The Labute approximate surface area is 197 Å². The molecule has 1 aromatic heterocycles. The van der Waals surface area contributed by atoms with Gasteiger partial charge in [-0.05, 0) is 66.7 Å². The van der Waals surface area contributed by atoms with Crippen LogP contribution in [0.3, 0.4) is 0 Å². The van der Waals surface area contributed by atoms with Gasteiger partial charge in [0.05, 0.1) is 28.0 Å². The van der Waals surface area contributed by atoms with Crippen molar-refractivity contribution < 1.29 is 4.79 Å². The molecule has 0 atom stereocenters. The van der Waals surface area contributed by atoms with Crippen molar-refractivity contribution in [2.45, 2.75) is 0 Å². The molecule has 0 aliphatic rings. The van der Waals surface area contributed by atoms with Gasteiger partial charge in [-0.25, -0.2) is 4.68 Å². The van der Waals surface area contributed by atoms with Gasteiger partial charge in [-0.15, -0.1) is 0 Å². The number of nitriles is 1. The van der Waals surface area contributed by atoms with E-state index in [1.165, 1.54) is 21.6 Å². The lowest BCUT2D eigenvalue weighted by Gasteiger charge is -2.13. The number of carbonyl (C=O) groups excluding carboxylic acids is 1. The van der Waals surface area contributed by atoms with Gasteiger partial charge in [-0.1, -0.05) is 34.8 Å². The number of hydrogen-bond donors (Lipinski definition) is 1. The lowest BCUT2D eigenvalue weighted by Crippen LogP contribution is -2.25. The summed E-state index contributed by atoms with van der Waals surface area (Å²) in [4.78, 5) is 26.3. The van der Waals surface area contributed by atoms with Crippen LogP contribution in [0.2, 0.25) is 15.1 Å². The van der Waals surface area contributed by atoms with Gasteiger partial charge in [0.2, 0.25) is 0 Å². The zero-order valence-electron chi connectivity index (χ0n) is 16.2. The third kappa shape index (κ3) is 4.27. The number of anilines is 1. The zero-order chi connectivity index (χ0) is 22.8. The van der Waals surface area contributed by atoms with Crippen LogP contribution in [0, 0.1) is 11.3 Å². The first-order valence-corrected chi connectivity index (χ1v) is 10.4. The summed E-state index contributed by atoms with van der Waals surface area (Å²) in [7, 11) is 0. The van der Waals surface area contributed by atoms with E-state index in [0.717, 1.165) is 0 Å². The van der Waals surface area contributed by atoms with Gasteiger partial charge in [0.25, 0.3) is 11.5 Å². The summed E-state index contributed by atoms with van der Waals surface area (Å²) in [6, 6.07) is 19.8. The summed E-state index contributed by atoms with van der Waals surface area (Å²) in [5.41, 5.74) is 1.18. The fourth-order valence-electron chi connectivity index (χ4n) is 3.09. The van der Waals surface area contributed by atoms with Crippen molar-refractivity contribution in [3.8, 4) is 17.4 Å². The van der Waals surface area contributed by atoms with E-state index in [1.807, 2.05) is 6.07 Å². The molecule has 3 aromatic carbocycles. The summed E-state index contributed by atoms with van der Waals surface area (Å²) >= 11 is 18.4. The Morgan fingerprint density at radius 3 is 2.19 bits per heavy atom. The maximum atomic E-state index is 13.3. The predicted molar refractivity (Wildman–Crippen MR) is 126 cm³/mol. The van der Waals surface area contributed by atoms with Crippen molar-refractivity contribution in [2.24, 2.45) is 0 Å². The molecule has 1 N–H and O–H groups in total. The van der Waals surface area contributed by atoms with Crippen molar-refractivity contribution in [1.82, 2.24) is 9.36 Å². The molecule has 6 nitrogen and oxygen atoms in total.